The Labute approximate surface area is 157 Å². The Bertz CT molecular complexity index is 916. The zero-order chi connectivity index (χ0) is 19.4. The maximum absolute atomic E-state index is 13.0. The smallest absolute Gasteiger partial charge is 0.238 e. The van der Waals surface area contributed by atoms with Crippen molar-refractivity contribution in [1.29, 1.82) is 0 Å². The number of halogens is 1. The largest absolute Gasteiger partial charge is 0.325 e. The number of nitrogens with zero attached hydrogens (tertiary/aromatic N) is 1. The number of nitrogens with one attached hydrogen (secondary N) is 2. The molecule has 4 atom stereocenters. The topological polar surface area (TPSA) is 113 Å². The molecule has 1 amide bonds. The first-order valence-corrected chi connectivity index (χ1v) is 12.2. The molecule has 8 nitrogen and oxygen atoms in total. The zero-order valence-electron chi connectivity index (χ0n) is 14.3. The van der Waals surface area contributed by atoms with Crippen LogP contribution in [0.4, 0.5) is 10.1 Å². The van der Waals surface area contributed by atoms with E-state index < -0.39 is 43.5 Å². The number of hydrogen-bond acceptors (Lipinski definition) is 7. The molecule has 1 aromatic rings. The quantitative estimate of drug-likeness (QED) is 0.649. The Morgan fingerprint density at radius 2 is 1.52 bits per heavy atom. The minimum atomic E-state index is -3.25. The van der Waals surface area contributed by atoms with Gasteiger partial charge >= 0.3 is 0 Å². The van der Waals surface area contributed by atoms with E-state index in [0.717, 1.165) is 0 Å². The summed E-state index contributed by atoms with van der Waals surface area (Å²) in [4.78, 5) is 14.2. The Kier molecular flexibility index (Phi) is 4.53. The zero-order valence-corrected chi connectivity index (χ0v) is 16.0. The van der Waals surface area contributed by atoms with E-state index in [4.69, 9.17) is 0 Å². The fourth-order valence-corrected chi connectivity index (χ4v) is 8.18. The molecule has 148 valence electrons. The number of benzene rings is 1. The summed E-state index contributed by atoms with van der Waals surface area (Å²) in [5.74, 6) is -1.13. The van der Waals surface area contributed by atoms with Crippen molar-refractivity contribution in [3.63, 3.8) is 0 Å². The lowest BCUT2D eigenvalue weighted by molar-refractivity contribution is -0.119. The number of anilines is 1. The van der Waals surface area contributed by atoms with Gasteiger partial charge in [0.05, 0.1) is 29.6 Å². The number of sulfone groups is 2. The van der Waals surface area contributed by atoms with Crippen LogP contribution in [0.5, 0.6) is 0 Å². The molecule has 0 aliphatic carbocycles. The molecule has 4 rings (SSSR count). The molecule has 3 aliphatic rings. The molecule has 0 spiro atoms. The predicted octanol–water partition coefficient (Wildman–Crippen LogP) is -0.999. The number of fused-ring (bicyclic) bond motifs is 2. The second-order valence-electron chi connectivity index (χ2n) is 7.40. The summed E-state index contributed by atoms with van der Waals surface area (Å²) in [6.45, 7) is -0.119. The third-order valence-electron chi connectivity index (χ3n) is 5.38. The second-order valence-corrected chi connectivity index (χ2v) is 11.7. The molecule has 0 bridgehead atoms. The molecule has 3 heterocycles. The fourth-order valence-electron chi connectivity index (χ4n) is 4.29. The minimum absolute atomic E-state index is 0.0585. The van der Waals surface area contributed by atoms with Crippen molar-refractivity contribution in [3.8, 4) is 0 Å². The van der Waals surface area contributed by atoms with Gasteiger partial charge < -0.3 is 10.6 Å². The highest BCUT2D eigenvalue weighted by Gasteiger charge is 2.54. The summed E-state index contributed by atoms with van der Waals surface area (Å²) in [5, 5.41) is 5.83. The molecule has 3 saturated heterocycles. The van der Waals surface area contributed by atoms with E-state index in [1.807, 2.05) is 0 Å². The fraction of sp³-hybridized carbons (Fsp3) is 0.562. The molecule has 3 aliphatic heterocycles. The van der Waals surface area contributed by atoms with Crippen molar-refractivity contribution in [3.05, 3.63) is 30.1 Å². The standard InChI is InChI=1S/C16H20FN3O5S2/c17-10-1-3-11(4-2-10)18-16(21)5-20-14-8-26(22,23)6-12(14)19-13-7-27(24,25)9-15(13)20/h1-4,12-15,19H,5-9H2,(H,18,21). The number of carbonyl (C=O) groups is 1. The molecule has 11 heteroatoms. The Morgan fingerprint density at radius 1 is 1.00 bits per heavy atom. The SMILES string of the molecule is O=C(CN1C2CS(=O)(=O)CC2NC2CS(=O)(=O)CC21)Nc1ccc(F)cc1. The van der Waals surface area contributed by atoms with Crippen molar-refractivity contribution in [1.82, 2.24) is 10.2 Å². The maximum atomic E-state index is 13.0. The maximum Gasteiger partial charge on any atom is 0.238 e. The first-order chi connectivity index (χ1) is 12.6. The lowest BCUT2D eigenvalue weighted by Crippen LogP contribution is -2.67. The Hall–Kier alpha value is -1.56. The van der Waals surface area contributed by atoms with Crippen LogP contribution in [0, 0.1) is 5.82 Å². The lowest BCUT2D eigenvalue weighted by Gasteiger charge is -2.44. The molecule has 0 radical (unpaired) electrons. The van der Waals surface area contributed by atoms with Gasteiger partial charge in [-0.05, 0) is 24.3 Å². The number of rotatable bonds is 3. The number of amides is 1. The van der Waals surface area contributed by atoms with E-state index in [-0.39, 0.29) is 41.6 Å². The number of hydrogen-bond donors (Lipinski definition) is 2. The first-order valence-electron chi connectivity index (χ1n) is 8.60. The highest BCUT2D eigenvalue weighted by Crippen LogP contribution is 2.31. The van der Waals surface area contributed by atoms with Gasteiger partial charge in [-0.2, -0.15) is 0 Å². The van der Waals surface area contributed by atoms with E-state index in [9.17, 15) is 26.0 Å². The van der Waals surface area contributed by atoms with Crippen LogP contribution in [-0.4, -0.2) is 81.4 Å². The van der Waals surface area contributed by atoms with E-state index in [0.29, 0.717) is 5.69 Å². The van der Waals surface area contributed by atoms with Crippen molar-refractivity contribution >= 4 is 31.3 Å². The molecular formula is C16H20FN3O5S2. The van der Waals surface area contributed by atoms with Crippen LogP contribution >= 0.6 is 0 Å². The van der Waals surface area contributed by atoms with Crippen LogP contribution in [0.2, 0.25) is 0 Å². The molecule has 0 aromatic heterocycles. The van der Waals surface area contributed by atoms with Crippen LogP contribution in [0.3, 0.4) is 0 Å². The highest BCUT2D eigenvalue weighted by atomic mass is 32.2. The summed E-state index contributed by atoms with van der Waals surface area (Å²) in [6, 6.07) is 3.64. The van der Waals surface area contributed by atoms with E-state index in [1.165, 1.54) is 24.3 Å². The molecule has 1 aromatic carbocycles. The van der Waals surface area contributed by atoms with Crippen molar-refractivity contribution < 1.29 is 26.0 Å². The molecule has 4 unspecified atom stereocenters. The van der Waals surface area contributed by atoms with Crippen molar-refractivity contribution in [2.24, 2.45) is 0 Å². The van der Waals surface area contributed by atoms with Gasteiger partial charge in [-0.1, -0.05) is 0 Å². The molecule has 27 heavy (non-hydrogen) atoms. The first kappa shape index (κ1) is 18.8. The van der Waals surface area contributed by atoms with Gasteiger partial charge in [-0.15, -0.1) is 0 Å². The second kappa shape index (κ2) is 6.50. The third-order valence-corrected chi connectivity index (χ3v) is 8.81. The third kappa shape index (κ3) is 3.86. The molecule has 3 fully saturated rings. The van der Waals surface area contributed by atoms with Crippen LogP contribution in [-0.2, 0) is 24.5 Å². The summed E-state index contributed by atoms with van der Waals surface area (Å²) in [7, 11) is -6.50. The van der Waals surface area contributed by atoms with Crippen molar-refractivity contribution in [2.45, 2.75) is 24.2 Å². The van der Waals surface area contributed by atoms with Gasteiger partial charge in [0.15, 0.2) is 19.7 Å². The normalized spacial score (nSPS) is 34.0. The Morgan fingerprint density at radius 3 is 2.04 bits per heavy atom. The lowest BCUT2D eigenvalue weighted by atomic mass is 9.97. The average Bonchev–Trinajstić information content (AvgIpc) is 3.03. The number of carbonyl (C=O) groups excluding carboxylic acids is 1. The number of piperazine rings is 1. The minimum Gasteiger partial charge on any atom is -0.325 e. The molecule has 0 saturated carbocycles. The van der Waals surface area contributed by atoms with Crippen LogP contribution < -0.4 is 10.6 Å². The van der Waals surface area contributed by atoms with Crippen molar-refractivity contribution in [2.75, 3.05) is 34.9 Å². The molecule has 2 N–H and O–H groups in total. The highest BCUT2D eigenvalue weighted by molar-refractivity contribution is 7.92. The van der Waals surface area contributed by atoms with E-state index >= 15 is 0 Å². The van der Waals surface area contributed by atoms with Gasteiger partial charge in [0.1, 0.15) is 5.82 Å². The van der Waals surface area contributed by atoms with Gasteiger partial charge in [0, 0.05) is 29.9 Å². The summed E-state index contributed by atoms with van der Waals surface area (Å²) >= 11 is 0. The van der Waals surface area contributed by atoms with E-state index in [2.05, 4.69) is 10.6 Å². The van der Waals surface area contributed by atoms with Crippen LogP contribution in [0.25, 0.3) is 0 Å². The van der Waals surface area contributed by atoms with E-state index in [1.54, 1.807) is 4.90 Å². The van der Waals surface area contributed by atoms with Gasteiger partial charge in [-0.3, -0.25) is 9.69 Å². The monoisotopic (exact) mass is 417 g/mol. The van der Waals surface area contributed by atoms with Crippen LogP contribution in [0.15, 0.2) is 24.3 Å². The summed E-state index contributed by atoms with van der Waals surface area (Å²) < 4.78 is 61.3. The Balaban J connectivity index is 1.55. The summed E-state index contributed by atoms with van der Waals surface area (Å²) in [6.07, 6.45) is 0. The van der Waals surface area contributed by atoms with Crippen LogP contribution in [0.1, 0.15) is 0 Å². The van der Waals surface area contributed by atoms with Gasteiger partial charge in [0.25, 0.3) is 0 Å². The van der Waals surface area contributed by atoms with Gasteiger partial charge in [0.2, 0.25) is 5.91 Å². The predicted molar refractivity (Wildman–Crippen MR) is 97.3 cm³/mol. The molecular weight excluding hydrogens is 397 g/mol. The average molecular weight is 417 g/mol. The van der Waals surface area contributed by atoms with Gasteiger partial charge in [-0.25, -0.2) is 21.2 Å². The summed E-state index contributed by atoms with van der Waals surface area (Å²) in [5.41, 5.74) is 0.419.